The van der Waals surface area contributed by atoms with Crippen molar-refractivity contribution in [2.45, 2.75) is 13.0 Å². The van der Waals surface area contributed by atoms with Gasteiger partial charge in [-0.15, -0.1) is 5.10 Å². The van der Waals surface area contributed by atoms with Crippen LogP contribution in [0.1, 0.15) is 22.5 Å². The van der Waals surface area contributed by atoms with Crippen LogP contribution in [0, 0.1) is 11.8 Å². The van der Waals surface area contributed by atoms with Crippen LogP contribution in [0.2, 0.25) is 0 Å². The first-order valence-corrected chi connectivity index (χ1v) is 7.02. The summed E-state index contributed by atoms with van der Waals surface area (Å²) in [6, 6.07) is 4.03. The lowest BCUT2D eigenvalue weighted by Gasteiger charge is -2.18. The molecule has 2 aromatic rings. The average molecular weight is 285 g/mol. The molecule has 7 nitrogen and oxygen atoms in total. The summed E-state index contributed by atoms with van der Waals surface area (Å²) in [6.07, 6.45) is 4.62. The quantitative estimate of drug-likeness (QED) is 0.897. The highest BCUT2D eigenvalue weighted by Gasteiger charge is 2.45. The molecule has 21 heavy (non-hydrogen) atoms. The second-order valence-corrected chi connectivity index (χ2v) is 5.79. The summed E-state index contributed by atoms with van der Waals surface area (Å²) < 4.78 is 1.51. The van der Waals surface area contributed by atoms with Gasteiger partial charge in [-0.3, -0.25) is 0 Å². The number of carboxylic acids is 1. The first-order valence-electron chi connectivity index (χ1n) is 7.02. The van der Waals surface area contributed by atoms with E-state index in [1.807, 2.05) is 18.3 Å². The first kappa shape index (κ1) is 12.3. The molecule has 108 valence electrons. The smallest absolute Gasteiger partial charge is 0.358 e. The zero-order chi connectivity index (χ0) is 14.4. The van der Waals surface area contributed by atoms with Crippen molar-refractivity contribution in [1.82, 2.24) is 20.0 Å². The fourth-order valence-corrected chi connectivity index (χ4v) is 2.94. The van der Waals surface area contributed by atoms with Crippen LogP contribution in [-0.4, -0.2) is 44.1 Å². The maximum Gasteiger partial charge on any atom is 0.358 e. The van der Waals surface area contributed by atoms with E-state index in [1.165, 1.54) is 17.3 Å². The number of aromatic carboxylic acids is 1. The predicted molar refractivity (Wildman–Crippen MR) is 74.1 cm³/mol. The molecular weight excluding hydrogens is 270 g/mol. The lowest BCUT2D eigenvalue weighted by Crippen LogP contribution is -2.22. The van der Waals surface area contributed by atoms with Crippen molar-refractivity contribution in [3.63, 3.8) is 0 Å². The Balaban J connectivity index is 1.44. The molecule has 2 aromatic heterocycles. The number of nitrogens with zero attached hydrogens (tertiary/aromatic N) is 5. The van der Waals surface area contributed by atoms with Gasteiger partial charge in [-0.1, -0.05) is 11.3 Å². The van der Waals surface area contributed by atoms with Gasteiger partial charge in [0.1, 0.15) is 5.82 Å². The molecule has 0 aromatic carbocycles. The molecule has 1 saturated heterocycles. The van der Waals surface area contributed by atoms with Crippen LogP contribution >= 0.6 is 0 Å². The Kier molecular flexibility index (Phi) is 2.66. The molecule has 2 atom stereocenters. The van der Waals surface area contributed by atoms with Crippen molar-refractivity contribution in [2.24, 2.45) is 11.8 Å². The Morgan fingerprint density at radius 2 is 2.14 bits per heavy atom. The minimum Gasteiger partial charge on any atom is -0.476 e. The summed E-state index contributed by atoms with van der Waals surface area (Å²) in [5, 5.41) is 16.2. The number of hydrogen-bond donors (Lipinski definition) is 1. The van der Waals surface area contributed by atoms with Gasteiger partial charge in [-0.2, -0.15) is 0 Å². The Labute approximate surface area is 121 Å². The van der Waals surface area contributed by atoms with Crippen LogP contribution in [0.15, 0.2) is 24.5 Å². The van der Waals surface area contributed by atoms with Gasteiger partial charge in [0.25, 0.3) is 0 Å². The van der Waals surface area contributed by atoms with Crippen LogP contribution in [0.5, 0.6) is 0 Å². The van der Waals surface area contributed by atoms with Gasteiger partial charge in [-0.25, -0.2) is 14.5 Å². The second kappa shape index (κ2) is 4.54. The third kappa shape index (κ3) is 2.35. The summed E-state index contributed by atoms with van der Waals surface area (Å²) in [4.78, 5) is 17.6. The predicted octanol–water partition coefficient (Wildman–Crippen LogP) is 0.876. The third-order valence-electron chi connectivity index (χ3n) is 4.21. The largest absolute Gasteiger partial charge is 0.476 e. The maximum absolute atomic E-state index is 10.8. The number of carbonyl (C=O) groups is 1. The third-order valence-corrected chi connectivity index (χ3v) is 4.21. The van der Waals surface area contributed by atoms with Gasteiger partial charge in [-0.05, 0) is 29.9 Å². The van der Waals surface area contributed by atoms with Crippen molar-refractivity contribution in [2.75, 3.05) is 18.0 Å². The maximum atomic E-state index is 10.8. The highest BCUT2D eigenvalue weighted by Crippen LogP contribution is 2.45. The van der Waals surface area contributed by atoms with Gasteiger partial charge in [0.15, 0.2) is 5.69 Å². The molecule has 2 fully saturated rings. The highest BCUT2D eigenvalue weighted by atomic mass is 16.4. The van der Waals surface area contributed by atoms with Crippen molar-refractivity contribution >= 4 is 11.8 Å². The number of rotatable bonds is 4. The minimum absolute atomic E-state index is 0.0455. The number of pyridine rings is 1. The number of hydrogen-bond acceptors (Lipinski definition) is 5. The number of anilines is 1. The summed E-state index contributed by atoms with van der Waals surface area (Å²) in [7, 11) is 0. The minimum atomic E-state index is -1.07. The first-order chi connectivity index (χ1) is 10.2. The fourth-order valence-electron chi connectivity index (χ4n) is 2.94. The number of fused-ring (bicyclic) bond motifs is 1. The van der Waals surface area contributed by atoms with Crippen LogP contribution < -0.4 is 4.90 Å². The average Bonchev–Trinajstić information content (AvgIpc) is 2.90. The van der Waals surface area contributed by atoms with E-state index in [0.29, 0.717) is 6.54 Å². The van der Waals surface area contributed by atoms with Gasteiger partial charge in [0.2, 0.25) is 0 Å². The molecule has 0 spiro atoms. The van der Waals surface area contributed by atoms with E-state index < -0.39 is 5.97 Å². The molecule has 2 aliphatic rings. The summed E-state index contributed by atoms with van der Waals surface area (Å²) in [6.45, 7) is 2.73. The van der Waals surface area contributed by atoms with E-state index in [0.717, 1.165) is 36.3 Å². The molecule has 1 aliphatic carbocycles. The number of carboxylic acid groups (broad SMARTS) is 1. The van der Waals surface area contributed by atoms with Gasteiger partial charge >= 0.3 is 5.97 Å². The molecule has 0 bridgehead atoms. The fraction of sp³-hybridized carbons (Fsp3) is 0.429. The van der Waals surface area contributed by atoms with Gasteiger partial charge in [0, 0.05) is 19.3 Å². The van der Waals surface area contributed by atoms with Gasteiger partial charge < -0.3 is 10.0 Å². The van der Waals surface area contributed by atoms with Crippen molar-refractivity contribution in [3.05, 3.63) is 35.8 Å². The molecule has 3 heterocycles. The van der Waals surface area contributed by atoms with E-state index in [1.54, 1.807) is 0 Å². The number of aromatic nitrogens is 4. The van der Waals surface area contributed by atoms with Crippen LogP contribution in [0.25, 0.3) is 0 Å². The standard InChI is InChI=1S/C14H15N5O2/c20-14(21)12-8-19(17-16-12)5-9-1-2-13(15-4-9)18-6-10-3-11(10)7-18/h1-2,4,8,10-11H,3,5-7H2,(H,20,21). The van der Waals surface area contributed by atoms with Gasteiger partial charge in [0.05, 0.1) is 12.7 Å². The molecule has 7 heteroatoms. The summed E-state index contributed by atoms with van der Waals surface area (Å²) in [5.41, 5.74) is 0.931. The Morgan fingerprint density at radius 3 is 2.76 bits per heavy atom. The Morgan fingerprint density at radius 1 is 1.33 bits per heavy atom. The lowest BCUT2D eigenvalue weighted by atomic mass is 10.2. The zero-order valence-electron chi connectivity index (χ0n) is 11.4. The van der Waals surface area contributed by atoms with Crippen molar-refractivity contribution < 1.29 is 9.90 Å². The molecule has 1 saturated carbocycles. The zero-order valence-corrected chi connectivity index (χ0v) is 11.4. The SMILES string of the molecule is O=C(O)c1cn(Cc2ccc(N3CC4CC4C3)nc2)nn1. The van der Waals surface area contributed by atoms with E-state index in [-0.39, 0.29) is 5.69 Å². The molecule has 1 N–H and O–H groups in total. The second-order valence-electron chi connectivity index (χ2n) is 5.79. The van der Waals surface area contributed by atoms with Crippen LogP contribution in [0.4, 0.5) is 5.82 Å². The monoisotopic (exact) mass is 285 g/mol. The highest BCUT2D eigenvalue weighted by molar-refractivity contribution is 5.84. The summed E-state index contributed by atoms with van der Waals surface area (Å²) in [5.74, 6) is 1.73. The molecule has 4 rings (SSSR count). The summed E-state index contributed by atoms with van der Waals surface area (Å²) >= 11 is 0. The molecular formula is C14H15N5O2. The normalized spacial score (nSPS) is 23.1. The molecule has 2 unspecified atom stereocenters. The lowest BCUT2D eigenvalue weighted by molar-refractivity contribution is 0.0690. The van der Waals surface area contributed by atoms with Crippen LogP contribution in [-0.2, 0) is 6.54 Å². The topological polar surface area (TPSA) is 84.1 Å². The van der Waals surface area contributed by atoms with Crippen molar-refractivity contribution in [3.8, 4) is 0 Å². The Bertz CT molecular complexity index is 671. The Hall–Kier alpha value is -2.44. The van der Waals surface area contributed by atoms with E-state index in [2.05, 4.69) is 20.2 Å². The van der Waals surface area contributed by atoms with E-state index in [4.69, 9.17) is 5.11 Å². The van der Waals surface area contributed by atoms with Crippen LogP contribution in [0.3, 0.4) is 0 Å². The number of piperidine rings is 1. The molecule has 1 aliphatic heterocycles. The van der Waals surface area contributed by atoms with E-state index >= 15 is 0 Å². The molecule has 0 radical (unpaired) electrons. The molecule has 0 amide bonds. The van der Waals surface area contributed by atoms with E-state index in [9.17, 15) is 4.79 Å². The van der Waals surface area contributed by atoms with Crippen molar-refractivity contribution in [1.29, 1.82) is 0 Å².